The van der Waals surface area contributed by atoms with Crippen LogP contribution >= 0.6 is 0 Å². The van der Waals surface area contributed by atoms with Gasteiger partial charge in [0.25, 0.3) is 0 Å². The Morgan fingerprint density at radius 1 is 1.04 bits per heavy atom. The monoisotopic (exact) mass is 345 g/mol. The summed E-state index contributed by atoms with van der Waals surface area (Å²) in [6, 6.07) is 22.8. The zero-order valence-electron chi connectivity index (χ0n) is 14.6. The lowest BCUT2D eigenvalue weighted by Crippen LogP contribution is -2.34. The van der Waals surface area contributed by atoms with E-state index < -0.39 is 17.3 Å². The molecule has 0 aromatic heterocycles. The van der Waals surface area contributed by atoms with E-state index in [0.717, 1.165) is 16.3 Å². The molecule has 4 heteroatoms. The molecule has 3 aromatic rings. The Labute approximate surface area is 152 Å². The Bertz CT molecular complexity index is 1000. The van der Waals surface area contributed by atoms with Crippen LogP contribution in [0, 0.1) is 16.7 Å². The van der Waals surface area contributed by atoms with Gasteiger partial charge in [-0.1, -0.05) is 60.7 Å². The highest BCUT2D eigenvalue weighted by molar-refractivity contribution is 5.89. The van der Waals surface area contributed by atoms with Crippen molar-refractivity contribution < 1.29 is 14.6 Å². The molecule has 0 saturated heterocycles. The van der Waals surface area contributed by atoms with Crippen LogP contribution in [-0.2, 0) is 4.79 Å². The molecule has 130 valence electrons. The SMILES string of the molecule is COc1ccccc1[C@H](c1cccc2ccccc12)[C@@](C)(C#N)C(=O)O. The largest absolute Gasteiger partial charge is 0.496 e. The lowest BCUT2D eigenvalue weighted by atomic mass is 9.69. The van der Waals surface area contributed by atoms with Crippen molar-refractivity contribution in [3.05, 3.63) is 77.9 Å². The molecule has 3 aromatic carbocycles. The molecule has 3 rings (SSSR count). The van der Waals surface area contributed by atoms with E-state index in [9.17, 15) is 15.2 Å². The average molecular weight is 345 g/mol. The fraction of sp³-hybridized carbons (Fsp3) is 0.182. The highest BCUT2D eigenvalue weighted by Gasteiger charge is 2.45. The molecule has 0 amide bonds. The van der Waals surface area contributed by atoms with Crippen molar-refractivity contribution in [2.45, 2.75) is 12.8 Å². The second-order valence-corrected chi connectivity index (χ2v) is 6.36. The smallest absolute Gasteiger partial charge is 0.324 e. The third kappa shape index (κ3) is 2.78. The number of benzene rings is 3. The van der Waals surface area contributed by atoms with Gasteiger partial charge in [-0.05, 0) is 29.3 Å². The summed E-state index contributed by atoms with van der Waals surface area (Å²) in [4.78, 5) is 12.1. The zero-order chi connectivity index (χ0) is 18.7. The first-order valence-corrected chi connectivity index (χ1v) is 8.28. The van der Waals surface area contributed by atoms with E-state index in [4.69, 9.17) is 4.74 Å². The van der Waals surface area contributed by atoms with Crippen LogP contribution in [-0.4, -0.2) is 18.2 Å². The number of rotatable bonds is 5. The minimum atomic E-state index is -1.65. The van der Waals surface area contributed by atoms with Crippen LogP contribution in [0.4, 0.5) is 0 Å². The van der Waals surface area contributed by atoms with E-state index in [0.29, 0.717) is 11.3 Å². The van der Waals surface area contributed by atoms with Crippen LogP contribution in [0.5, 0.6) is 5.75 Å². The topological polar surface area (TPSA) is 70.3 Å². The Balaban J connectivity index is 2.38. The highest BCUT2D eigenvalue weighted by atomic mass is 16.5. The van der Waals surface area contributed by atoms with Gasteiger partial charge < -0.3 is 9.84 Å². The van der Waals surface area contributed by atoms with Gasteiger partial charge in [-0.2, -0.15) is 5.26 Å². The Hall–Kier alpha value is -3.32. The molecule has 0 aliphatic carbocycles. The van der Waals surface area contributed by atoms with Crippen molar-refractivity contribution in [3.8, 4) is 11.8 Å². The van der Waals surface area contributed by atoms with Crippen LogP contribution in [0.25, 0.3) is 10.8 Å². The number of para-hydroxylation sites is 1. The van der Waals surface area contributed by atoms with Gasteiger partial charge in [-0.25, -0.2) is 0 Å². The number of aliphatic carboxylic acids is 1. The van der Waals surface area contributed by atoms with Gasteiger partial charge in [0.2, 0.25) is 0 Å². The predicted octanol–water partition coefficient (Wildman–Crippen LogP) is 4.59. The molecule has 0 aliphatic heterocycles. The lowest BCUT2D eigenvalue weighted by Gasteiger charge is -2.30. The standard InChI is InChI=1S/C22H19NO3/c1-22(14-23,21(24)25)20(18-11-5-6-13-19(18)26-2)17-12-7-9-15-8-3-4-10-16(15)17/h3-13,20H,1-2H3,(H,24,25)/t20-,22+/m0/s1. The number of ether oxygens (including phenoxy) is 1. The van der Waals surface area contributed by atoms with E-state index in [2.05, 4.69) is 0 Å². The third-order valence-corrected chi connectivity index (χ3v) is 4.84. The van der Waals surface area contributed by atoms with E-state index >= 15 is 0 Å². The zero-order valence-corrected chi connectivity index (χ0v) is 14.6. The van der Waals surface area contributed by atoms with Gasteiger partial charge in [-0.15, -0.1) is 0 Å². The van der Waals surface area contributed by atoms with Gasteiger partial charge in [0.05, 0.1) is 13.2 Å². The minimum Gasteiger partial charge on any atom is -0.496 e. The summed E-state index contributed by atoms with van der Waals surface area (Å²) < 4.78 is 5.48. The summed E-state index contributed by atoms with van der Waals surface area (Å²) in [7, 11) is 1.55. The first-order chi connectivity index (χ1) is 12.5. The Morgan fingerprint density at radius 3 is 2.35 bits per heavy atom. The summed E-state index contributed by atoms with van der Waals surface area (Å²) in [5.74, 6) is -1.29. The molecule has 0 unspecified atom stereocenters. The quantitative estimate of drug-likeness (QED) is 0.734. The van der Waals surface area contributed by atoms with Crippen LogP contribution < -0.4 is 4.74 Å². The number of fused-ring (bicyclic) bond motifs is 1. The van der Waals surface area contributed by atoms with Crippen molar-refractivity contribution in [1.82, 2.24) is 0 Å². The predicted molar refractivity (Wildman–Crippen MR) is 100 cm³/mol. The average Bonchev–Trinajstić information content (AvgIpc) is 2.68. The van der Waals surface area contributed by atoms with Crippen molar-refractivity contribution >= 4 is 16.7 Å². The molecule has 0 aliphatic rings. The van der Waals surface area contributed by atoms with Crippen LogP contribution in [0.1, 0.15) is 24.0 Å². The Kier molecular flexibility index (Phi) is 4.64. The molecule has 26 heavy (non-hydrogen) atoms. The molecule has 0 heterocycles. The van der Waals surface area contributed by atoms with Crippen molar-refractivity contribution in [2.75, 3.05) is 7.11 Å². The van der Waals surface area contributed by atoms with Gasteiger partial charge in [0.15, 0.2) is 5.41 Å². The number of hydrogen-bond donors (Lipinski definition) is 1. The molecule has 4 nitrogen and oxygen atoms in total. The van der Waals surface area contributed by atoms with Crippen LogP contribution in [0.15, 0.2) is 66.7 Å². The lowest BCUT2D eigenvalue weighted by molar-refractivity contribution is -0.145. The van der Waals surface area contributed by atoms with Crippen molar-refractivity contribution in [3.63, 3.8) is 0 Å². The maximum Gasteiger partial charge on any atom is 0.324 e. The number of carboxylic acid groups (broad SMARTS) is 1. The fourth-order valence-electron chi connectivity index (χ4n) is 3.43. The maximum atomic E-state index is 12.1. The molecule has 0 saturated carbocycles. The summed E-state index contributed by atoms with van der Waals surface area (Å²) in [5, 5.41) is 21.6. The van der Waals surface area contributed by atoms with Crippen LogP contribution in [0.2, 0.25) is 0 Å². The summed E-state index contributed by atoms with van der Waals surface area (Å²) >= 11 is 0. The van der Waals surface area contributed by atoms with E-state index in [1.54, 1.807) is 13.2 Å². The second kappa shape index (κ2) is 6.89. The summed E-state index contributed by atoms with van der Waals surface area (Å²) in [6.07, 6.45) is 0. The second-order valence-electron chi connectivity index (χ2n) is 6.36. The van der Waals surface area contributed by atoms with E-state index in [-0.39, 0.29) is 0 Å². The molecule has 0 bridgehead atoms. The molecule has 0 spiro atoms. The number of nitriles is 1. The van der Waals surface area contributed by atoms with Crippen LogP contribution in [0.3, 0.4) is 0 Å². The Morgan fingerprint density at radius 2 is 1.65 bits per heavy atom. The molecular formula is C22H19NO3. The fourth-order valence-corrected chi connectivity index (χ4v) is 3.43. The maximum absolute atomic E-state index is 12.1. The normalized spacial score (nSPS) is 14.2. The number of carbonyl (C=O) groups is 1. The third-order valence-electron chi connectivity index (χ3n) is 4.84. The molecule has 0 radical (unpaired) electrons. The summed E-state index contributed by atoms with van der Waals surface area (Å²) in [6.45, 7) is 1.47. The molecule has 0 fully saturated rings. The highest BCUT2D eigenvalue weighted by Crippen LogP contribution is 2.46. The number of hydrogen-bond acceptors (Lipinski definition) is 3. The molecule has 2 atom stereocenters. The summed E-state index contributed by atoms with van der Waals surface area (Å²) in [5.41, 5.74) is -0.185. The number of methoxy groups -OCH3 is 1. The van der Waals surface area contributed by atoms with Gasteiger partial charge in [0, 0.05) is 11.5 Å². The molecular weight excluding hydrogens is 326 g/mol. The number of nitrogens with zero attached hydrogens (tertiary/aromatic N) is 1. The van der Waals surface area contributed by atoms with Gasteiger partial charge in [-0.3, -0.25) is 4.79 Å². The minimum absolute atomic E-state index is 0.563. The van der Waals surface area contributed by atoms with E-state index in [1.807, 2.05) is 66.7 Å². The van der Waals surface area contributed by atoms with E-state index in [1.165, 1.54) is 6.92 Å². The molecule has 1 N–H and O–H groups in total. The van der Waals surface area contributed by atoms with Gasteiger partial charge >= 0.3 is 5.97 Å². The van der Waals surface area contributed by atoms with Crippen molar-refractivity contribution in [1.29, 1.82) is 5.26 Å². The number of carboxylic acids is 1. The van der Waals surface area contributed by atoms with Crippen molar-refractivity contribution in [2.24, 2.45) is 5.41 Å². The van der Waals surface area contributed by atoms with Gasteiger partial charge in [0.1, 0.15) is 5.75 Å². The first-order valence-electron chi connectivity index (χ1n) is 8.28. The first kappa shape index (κ1) is 17.5.